The van der Waals surface area contributed by atoms with E-state index in [9.17, 15) is 14.7 Å². The van der Waals surface area contributed by atoms with E-state index >= 15 is 0 Å². The van der Waals surface area contributed by atoms with E-state index in [2.05, 4.69) is 10.1 Å². The van der Waals surface area contributed by atoms with Gasteiger partial charge in [0.15, 0.2) is 10.8 Å². The van der Waals surface area contributed by atoms with Gasteiger partial charge in [0.05, 0.1) is 5.97 Å². The number of carboxylic acids is 1. The van der Waals surface area contributed by atoms with Crippen LogP contribution in [0.4, 0.5) is 5.13 Å². The first kappa shape index (κ1) is 20.9. The summed E-state index contributed by atoms with van der Waals surface area (Å²) in [4.78, 5) is 33.8. The summed E-state index contributed by atoms with van der Waals surface area (Å²) in [6.45, 7) is 0. The van der Waals surface area contributed by atoms with E-state index in [0.29, 0.717) is 25.7 Å². The van der Waals surface area contributed by atoms with Gasteiger partial charge in [0.2, 0.25) is 5.91 Å². The van der Waals surface area contributed by atoms with Crippen LogP contribution in [-0.4, -0.2) is 47.7 Å². The fourth-order valence-electron chi connectivity index (χ4n) is 2.49. The minimum absolute atomic E-state index is 0. The molecule has 0 bridgehead atoms. The zero-order valence-electron chi connectivity index (χ0n) is 14.0. The average molecular weight is 362 g/mol. The number of carbonyl (C=O) groups excluding carboxylic acids is 2. The fraction of sp³-hybridized carbons (Fsp3) is 0.571. The van der Waals surface area contributed by atoms with Crippen LogP contribution in [0.5, 0.6) is 0 Å². The van der Waals surface area contributed by atoms with Gasteiger partial charge in [-0.2, -0.15) is 0 Å². The molecule has 0 unspecified atom stereocenters. The maximum atomic E-state index is 11.9. The first-order valence-corrected chi connectivity index (χ1v) is 8.14. The van der Waals surface area contributed by atoms with Crippen molar-refractivity contribution in [3.63, 3.8) is 0 Å². The van der Waals surface area contributed by atoms with Crippen LogP contribution in [-0.2, 0) is 14.4 Å². The van der Waals surface area contributed by atoms with Gasteiger partial charge in [-0.3, -0.25) is 4.79 Å². The first-order chi connectivity index (χ1) is 10.9. The number of nitrogen functional groups attached to an aromatic ring is 1. The van der Waals surface area contributed by atoms with E-state index in [-0.39, 0.29) is 64.0 Å². The molecule has 0 radical (unpaired) electrons. The molecule has 0 aliphatic heterocycles. The number of amides is 1. The molecule has 10 heteroatoms. The molecule has 24 heavy (non-hydrogen) atoms. The van der Waals surface area contributed by atoms with Crippen LogP contribution in [0.3, 0.4) is 0 Å². The van der Waals surface area contributed by atoms with Crippen molar-refractivity contribution in [3.8, 4) is 0 Å². The molecule has 0 spiro atoms. The quantitative estimate of drug-likeness (QED) is 0.335. The standard InChI is InChI=1S/C14H20N4O4S.Na/c1-18(2)12(19)8-3-5-9(6-4-8)22-17-11(13(20)21)10-7-23-14(15)16-10;/h7-9H,3-6H2,1-2H3,(H2,15,16)(H,20,21);/q;+1/p-1. The molecule has 1 aromatic rings. The number of rotatable bonds is 5. The van der Waals surface area contributed by atoms with E-state index < -0.39 is 5.97 Å². The van der Waals surface area contributed by atoms with E-state index in [0.717, 1.165) is 11.3 Å². The maximum absolute atomic E-state index is 11.9. The van der Waals surface area contributed by atoms with Crippen molar-refractivity contribution >= 4 is 34.1 Å². The number of carbonyl (C=O) groups is 2. The predicted octanol–water partition coefficient (Wildman–Crippen LogP) is -3.15. The Morgan fingerprint density at radius 2 is 2.00 bits per heavy atom. The third-order valence-corrected chi connectivity index (χ3v) is 4.39. The van der Waals surface area contributed by atoms with Crippen LogP contribution in [0.2, 0.25) is 0 Å². The number of oxime groups is 1. The van der Waals surface area contributed by atoms with Gasteiger partial charge in [0.25, 0.3) is 0 Å². The van der Waals surface area contributed by atoms with Gasteiger partial charge >= 0.3 is 29.6 Å². The third-order valence-electron chi connectivity index (χ3n) is 3.72. The molecule has 8 nitrogen and oxygen atoms in total. The Balaban J connectivity index is 0.00000288. The molecular weight excluding hydrogens is 343 g/mol. The number of aromatic nitrogens is 1. The number of carboxylic acid groups (broad SMARTS) is 1. The molecule has 1 saturated carbocycles. The minimum Gasteiger partial charge on any atom is -0.543 e. The fourth-order valence-corrected chi connectivity index (χ4v) is 3.04. The summed E-state index contributed by atoms with van der Waals surface area (Å²) >= 11 is 1.11. The van der Waals surface area contributed by atoms with Crippen LogP contribution in [0.25, 0.3) is 0 Å². The van der Waals surface area contributed by atoms with Gasteiger partial charge < -0.3 is 25.4 Å². The van der Waals surface area contributed by atoms with Gasteiger partial charge in [-0.25, -0.2) is 4.98 Å². The zero-order chi connectivity index (χ0) is 17.0. The van der Waals surface area contributed by atoms with E-state index in [1.54, 1.807) is 19.0 Å². The molecule has 0 saturated heterocycles. The topological polar surface area (TPSA) is 121 Å². The summed E-state index contributed by atoms with van der Waals surface area (Å²) in [6, 6.07) is 0. The van der Waals surface area contributed by atoms with E-state index in [4.69, 9.17) is 10.6 Å². The summed E-state index contributed by atoms with van der Waals surface area (Å²) < 4.78 is 0. The summed E-state index contributed by atoms with van der Waals surface area (Å²) in [5.41, 5.74) is 5.24. The van der Waals surface area contributed by atoms with Gasteiger partial charge in [-0.15, -0.1) is 11.3 Å². The SMILES string of the molecule is CN(C)C(=O)C1CCC(ON=C(C(=O)[O-])c2csc(N)n2)CC1.[Na+]. The van der Waals surface area contributed by atoms with Crippen LogP contribution in [0, 0.1) is 5.92 Å². The molecule has 2 rings (SSSR count). The molecule has 0 atom stereocenters. The van der Waals surface area contributed by atoms with Gasteiger partial charge in [0, 0.05) is 25.4 Å². The number of thiazole rings is 1. The Hall–Kier alpha value is -1.16. The number of nitrogens with two attached hydrogens (primary N) is 1. The monoisotopic (exact) mass is 362 g/mol. The molecule has 1 aliphatic rings. The summed E-state index contributed by atoms with van der Waals surface area (Å²) in [5, 5.41) is 16.6. The summed E-state index contributed by atoms with van der Waals surface area (Å²) in [6.07, 6.45) is 2.47. The Labute approximate surface area is 166 Å². The van der Waals surface area contributed by atoms with Gasteiger partial charge in [-0.1, -0.05) is 5.16 Å². The van der Waals surface area contributed by atoms with E-state index in [1.165, 1.54) is 5.38 Å². The molecule has 1 aromatic heterocycles. The van der Waals surface area contributed by atoms with Gasteiger partial charge in [-0.05, 0) is 25.7 Å². The smallest absolute Gasteiger partial charge is 0.543 e. The number of nitrogens with zero attached hydrogens (tertiary/aromatic N) is 3. The Kier molecular flexibility index (Phi) is 8.14. The molecule has 1 fully saturated rings. The van der Waals surface area contributed by atoms with E-state index in [1.807, 2.05) is 0 Å². The Bertz CT molecular complexity index is 612. The number of anilines is 1. The van der Waals surface area contributed by atoms with Crippen LogP contribution in [0.15, 0.2) is 10.5 Å². The van der Waals surface area contributed by atoms with Crippen molar-refractivity contribution in [2.24, 2.45) is 11.1 Å². The molecule has 2 N–H and O–H groups in total. The van der Waals surface area contributed by atoms with Crippen molar-refractivity contribution in [3.05, 3.63) is 11.1 Å². The molecular formula is C14H19N4NaO4S. The predicted molar refractivity (Wildman–Crippen MR) is 83.6 cm³/mol. The van der Waals surface area contributed by atoms with Crippen LogP contribution < -0.4 is 40.4 Å². The largest absolute Gasteiger partial charge is 1.00 e. The molecule has 1 aliphatic carbocycles. The third kappa shape index (κ3) is 5.44. The molecule has 1 amide bonds. The second-order valence-corrected chi connectivity index (χ2v) is 6.50. The van der Waals surface area contributed by atoms with Crippen LogP contribution in [0.1, 0.15) is 31.4 Å². The number of hydrogen-bond donors (Lipinski definition) is 1. The average Bonchev–Trinajstić information content (AvgIpc) is 2.93. The van der Waals surface area contributed by atoms with Crippen molar-refractivity contribution in [1.82, 2.24) is 9.88 Å². The summed E-state index contributed by atoms with van der Waals surface area (Å²) in [5.74, 6) is -1.36. The first-order valence-electron chi connectivity index (χ1n) is 7.26. The normalized spacial score (nSPS) is 20.8. The zero-order valence-corrected chi connectivity index (χ0v) is 16.8. The van der Waals surface area contributed by atoms with Crippen molar-refractivity contribution in [2.75, 3.05) is 19.8 Å². The minimum atomic E-state index is -1.47. The Morgan fingerprint density at radius 3 is 2.46 bits per heavy atom. The van der Waals surface area contributed by atoms with Crippen LogP contribution >= 0.6 is 11.3 Å². The molecule has 126 valence electrons. The summed E-state index contributed by atoms with van der Waals surface area (Å²) in [7, 11) is 3.47. The number of hydrogen-bond acceptors (Lipinski definition) is 8. The Morgan fingerprint density at radius 1 is 1.38 bits per heavy atom. The second kappa shape index (κ2) is 9.36. The van der Waals surface area contributed by atoms with Gasteiger partial charge in [0.1, 0.15) is 11.8 Å². The molecule has 1 heterocycles. The molecule has 0 aromatic carbocycles. The van der Waals surface area contributed by atoms with Crippen molar-refractivity contribution in [2.45, 2.75) is 31.8 Å². The second-order valence-electron chi connectivity index (χ2n) is 5.61. The number of aliphatic carboxylic acids is 1. The maximum Gasteiger partial charge on any atom is 1.00 e. The van der Waals surface area contributed by atoms with Crippen molar-refractivity contribution < 1.29 is 49.1 Å². The van der Waals surface area contributed by atoms with Crippen molar-refractivity contribution in [1.29, 1.82) is 0 Å².